The molecule has 2 aromatic heterocycles. The third kappa shape index (κ3) is 4.91. The predicted molar refractivity (Wildman–Crippen MR) is 140 cm³/mol. The molecule has 6 N–H and O–H groups in total. The number of aryl methyl sites for hydroxylation is 1. The second-order valence-electron chi connectivity index (χ2n) is 9.06. The van der Waals surface area contributed by atoms with Crippen molar-refractivity contribution >= 4 is 33.3 Å². The molecule has 0 bridgehead atoms. The summed E-state index contributed by atoms with van der Waals surface area (Å²) in [6, 6.07) is 16.7. The van der Waals surface area contributed by atoms with Gasteiger partial charge in [0.15, 0.2) is 0 Å². The number of anilines is 2. The van der Waals surface area contributed by atoms with Crippen LogP contribution in [0.3, 0.4) is 0 Å². The molecule has 2 unspecified atom stereocenters. The van der Waals surface area contributed by atoms with Crippen molar-refractivity contribution in [2.75, 3.05) is 23.8 Å². The summed E-state index contributed by atoms with van der Waals surface area (Å²) < 4.78 is 1.03. The second kappa shape index (κ2) is 10.5. The largest absolute Gasteiger partial charge is 0.396 e. The van der Waals surface area contributed by atoms with Gasteiger partial charge in [-0.3, -0.25) is 0 Å². The monoisotopic (exact) mass is 507 g/mol. The zero-order valence-corrected chi connectivity index (χ0v) is 20.6. The lowest BCUT2D eigenvalue weighted by Crippen LogP contribution is -2.35. The zero-order chi connectivity index (χ0) is 25.2. The van der Waals surface area contributed by atoms with Crippen molar-refractivity contribution < 1.29 is 20.4 Å². The lowest BCUT2D eigenvalue weighted by molar-refractivity contribution is 0.00446. The van der Waals surface area contributed by atoms with E-state index in [-0.39, 0.29) is 13.2 Å². The SMILES string of the molecule is Cc1nc(NCC(O)c2ccccc2)nc(NC2C[C@H](CO)[C@@H](O)[C@H]2O)c1-c1nc2ccccc2s1. The van der Waals surface area contributed by atoms with Gasteiger partial charge in [0.2, 0.25) is 5.95 Å². The normalized spacial score (nSPS) is 22.6. The van der Waals surface area contributed by atoms with Crippen molar-refractivity contribution in [3.63, 3.8) is 0 Å². The molecule has 1 aliphatic carbocycles. The van der Waals surface area contributed by atoms with Gasteiger partial charge in [-0.05, 0) is 31.0 Å². The average Bonchev–Trinajstić information content (AvgIpc) is 3.43. The number of rotatable bonds is 8. The Kier molecular flexibility index (Phi) is 7.13. The van der Waals surface area contributed by atoms with Crippen LogP contribution < -0.4 is 10.6 Å². The van der Waals surface area contributed by atoms with E-state index in [1.807, 2.05) is 61.5 Å². The van der Waals surface area contributed by atoms with Crippen LogP contribution in [-0.4, -0.2) is 66.8 Å². The molecule has 5 atom stereocenters. The van der Waals surface area contributed by atoms with Crippen LogP contribution in [0.4, 0.5) is 11.8 Å². The Bertz CT molecular complexity index is 1300. The van der Waals surface area contributed by atoms with Gasteiger partial charge in [0.25, 0.3) is 0 Å². The quantitative estimate of drug-likeness (QED) is 0.212. The molecule has 10 heteroatoms. The number of aromatic nitrogens is 3. The smallest absolute Gasteiger partial charge is 0.225 e. The number of nitrogens with one attached hydrogen (secondary N) is 2. The summed E-state index contributed by atoms with van der Waals surface area (Å²) >= 11 is 1.52. The molecule has 1 saturated carbocycles. The van der Waals surface area contributed by atoms with Gasteiger partial charge in [0, 0.05) is 19.1 Å². The molecular weight excluding hydrogens is 478 g/mol. The molecule has 1 aliphatic rings. The number of para-hydroxylation sites is 1. The highest BCUT2D eigenvalue weighted by Crippen LogP contribution is 2.38. The molecule has 1 fully saturated rings. The van der Waals surface area contributed by atoms with Crippen LogP contribution in [0.25, 0.3) is 20.8 Å². The molecule has 2 aromatic carbocycles. The Hall–Kier alpha value is -3.15. The van der Waals surface area contributed by atoms with Crippen molar-refractivity contribution in [3.8, 4) is 10.6 Å². The van der Waals surface area contributed by atoms with Crippen LogP contribution in [0, 0.1) is 12.8 Å². The minimum absolute atomic E-state index is 0.209. The number of nitrogens with zero attached hydrogens (tertiary/aromatic N) is 3. The van der Waals surface area contributed by atoms with Crippen LogP contribution in [0.5, 0.6) is 0 Å². The molecule has 0 radical (unpaired) electrons. The summed E-state index contributed by atoms with van der Waals surface area (Å²) in [6.07, 6.45) is -2.44. The minimum atomic E-state index is -1.06. The fourth-order valence-electron chi connectivity index (χ4n) is 4.60. The summed E-state index contributed by atoms with van der Waals surface area (Å²) in [4.78, 5) is 14.1. The van der Waals surface area contributed by atoms with Crippen LogP contribution >= 0.6 is 11.3 Å². The van der Waals surface area contributed by atoms with E-state index in [4.69, 9.17) is 4.98 Å². The van der Waals surface area contributed by atoms with Crippen molar-refractivity contribution in [2.24, 2.45) is 5.92 Å². The Morgan fingerprint density at radius 3 is 2.47 bits per heavy atom. The van der Waals surface area contributed by atoms with Gasteiger partial charge in [-0.15, -0.1) is 11.3 Å². The zero-order valence-electron chi connectivity index (χ0n) is 19.7. The molecule has 0 saturated heterocycles. The van der Waals surface area contributed by atoms with Crippen LogP contribution in [-0.2, 0) is 0 Å². The van der Waals surface area contributed by atoms with Gasteiger partial charge < -0.3 is 31.1 Å². The number of benzene rings is 2. The van der Waals surface area contributed by atoms with Crippen molar-refractivity contribution in [1.29, 1.82) is 0 Å². The molecule has 0 aliphatic heterocycles. The first-order valence-electron chi connectivity index (χ1n) is 11.9. The van der Waals surface area contributed by atoms with E-state index in [2.05, 4.69) is 20.6 Å². The van der Waals surface area contributed by atoms with Gasteiger partial charge in [-0.25, -0.2) is 9.97 Å². The number of fused-ring (bicyclic) bond motifs is 1. The van der Waals surface area contributed by atoms with E-state index in [9.17, 15) is 20.4 Å². The summed E-state index contributed by atoms with van der Waals surface area (Å²) in [5.74, 6) is 0.361. The molecule has 4 aromatic rings. The summed E-state index contributed by atoms with van der Waals surface area (Å²) in [5.41, 5.74) is 3.03. The second-order valence-corrected chi connectivity index (χ2v) is 10.1. The fraction of sp³-hybridized carbons (Fsp3) is 0.346. The van der Waals surface area contributed by atoms with Gasteiger partial charge in [-0.2, -0.15) is 4.98 Å². The topological polar surface area (TPSA) is 144 Å². The lowest BCUT2D eigenvalue weighted by Gasteiger charge is -2.21. The van der Waals surface area contributed by atoms with Gasteiger partial charge in [-0.1, -0.05) is 42.5 Å². The average molecular weight is 508 g/mol. The van der Waals surface area contributed by atoms with Crippen LogP contribution in [0.1, 0.15) is 23.8 Å². The molecule has 9 nitrogen and oxygen atoms in total. The van der Waals surface area contributed by atoms with Crippen molar-refractivity contribution in [2.45, 2.75) is 37.7 Å². The number of hydrogen-bond acceptors (Lipinski definition) is 10. The van der Waals surface area contributed by atoms with Crippen LogP contribution in [0.2, 0.25) is 0 Å². The van der Waals surface area contributed by atoms with E-state index < -0.39 is 30.3 Å². The predicted octanol–water partition coefficient (Wildman–Crippen LogP) is 2.72. The van der Waals surface area contributed by atoms with Gasteiger partial charge in [0.05, 0.1) is 39.7 Å². The molecule has 0 amide bonds. The van der Waals surface area contributed by atoms with Crippen LogP contribution in [0.15, 0.2) is 54.6 Å². The number of aliphatic hydroxyl groups excluding tert-OH is 4. The minimum Gasteiger partial charge on any atom is -0.396 e. The molecule has 5 rings (SSSR count). The van der Waals surface area contributed by atoms with E-state index >= 15 is 0 Å². The van der Waals surface area contributed by atoms with Crippen molar-refractivity contribution in [3.05, 3.63) is 65.9 Å². The summed E-state index contributed by atoms with van der Waals surface area (Å²) in [5, 5.41) is 48.2. The third-order valence-electron chi connectivity index (χ3n) is 6.59. The first kappa shape index (κ1) is 24.5. The maximum atomic E-state index is 10.6. The summed E-state index contributed by atoms with van der Waals surface area (Å²) in [7, 11) is 0. The van der Waals surface area contributed by atoms with E-state index in [1.165, 1.54) is 11.3 Å². The molecule has 0 spiro atoms. The molecule has 188 valence electrons. The van der Waals surface area contributed by atoms with Crippen molar-refractivity contribution in [1.82, 2.24) is 15.0 Å². The maximum absolute atomic E-state index is 10.6. The molecular formula is C26H29N5O4S. The first-order chi connectivity index (χ1) is 17.4. The van der Waals surface area contributed by atoms with Gasteiger partial charge >= 0.3 is 0 Å². The standard InChI is InChI=1S/C26H29N5O4S/c1-14-21(25-30-17-9-5-6-10-20(17)36-25)24(29-18-11-16(13-32)22(34)23(18)35)31-26(28-14)27-12-19(33)15-7-3-2-4-8-15/h2-10,16,18-19,22-23,32-35H,11-13H2,1H3,(H2,27,28,29,31)/t16-,18?,19?,22-,23+/m1/s1. The Morgan fingerprint density at radius 1 is 1.00 bits per heavy atom. The Morgan fingerprint density at radius 2 is 1.75 bits per heavy atom. The van der Waals surface area contributed by atoms with E-state index in [1.54, 1.807) is 0 Å². The number of hydrogen-bond donors (Lipinski definition) is 6. The van der Waals surface area contributed by atoms with E-state index in [0.717, 1.165) is 20.8 Å². The first-order valence-corrected chi connectivity index (χ1v) is 12.7. The molecule has 2 heterocycles. The highest BCUT2D eigenvalue weighted by atomic mass is 32.1. The molecule has 36 heavy (non-hydrogen) atoms. The fourth-order valence-corrected chi connectivity index (χ4v) is 5.66. The number of thiazole rings is 1. The third-order valence-corrected chi connectivity index (χ3v) is 7.65. The Balaban J connectivity index is 1.48. The highest BCUT2D eigenvalue weighted by Gasteiger charge is 2.41. The maximum Gasteiger partial charge on any atom is 0.225 e. The Labute approximate surface area is 212 Å². The number of aliphatic hydroxyl groups is 4. The summed E-state index contributed by atoms with van der Waals surface area (Å²) in [6.45, 7) is 1.86. The van der Waals surface area contributed by atoms with E-state index in [0.29, 0.717) is 29.4 Å². The van der Waals surface area contributed by atoms with Gasteiger partial charge in [0.1, 0.15) is 16.9 Å². The lowest BCUT2D eigenvalue weighted by atomic mass is 10.1. The highest BCUT2D eigenvalue weighted by molar-refractivity contribution is 7.21.